The molecule has 1 aromatic rings. The molecular weight excluding hydrogens is 268 g/mol. The van der Waals surface area contributed by atoms with Crippen LogP contribution in [0.5, 0.6) is 0 Å². The van der Waals surface area contributed by atoms with Gasteiger partial charge in [0.2, 0.25) is 16.0 Å². The van der Waals surface area contributed by atoms with Gasteiger partial charge >= 0.3 is 0 Å². The number of guanidine groups is 2. The van der Waals surface area contributed by atoms with Crippen LogP contribution in [0.3, 0.4) is 0 Å². The second-order valence-corrected chi connectivity index (χ2v) is 5.63. The van der Waals surface area contributed by atoms with Gasteiger partial charge in [0.1, 0.15) is 0 Å². The van der Waals surface area contributed by atoms with Gasteiger partial charge in [0.25, 0.3) is 0 Å². The molecule has 8 nitrogen and oxygen atoms in total. The third kappa shape index (κ3) is 5.25. The molecule has 0 atom stereocenters. The zero-order valence-corrected chi connectivity index (χ0v) is 11.4. The molecule has 9 heteroatoms. The van der Waals surface area contributed by atoms with Gasteiger partial charge in [-0.25, -0.2) is 13.4 Å². The molecule has 0 saturated carbocycles. The Labute approximate surface area is 111 Å². The number of aliphatic imine (C=N–C) groups is 2. The Balaban J connectivity index is 3.04. The third-order valence-corrected chi connectivity index (χ3v) is 2.58. The molecule has 0 aliphatic rings. The number of sulfonamides is 1. The first-order valence-corrected chi connectivity index (χ1v) is 7.09. The summed E-state index contributed by atoms with van der Waals surface area (Å²) in [5.74, 6) is -0.267. The molecule has 0 aliphatic carbocycles. The lowest BCUT2D eigenvalue weighted by Gasteiger charge is -2.08. The van der Waals surface area contributed by atoms with Crippen LogP contribution in [0.25, 0.3) is 0 Å². The molecule has 19 heavy (non-hydrogen) atoms. The average molecular weight is 284 g/mol. The summed E-state index contributed by atoms with van der Waals surface area (Å²) in [5, 5.41) is 0. The molecule has 0 saturated heterocycles. The van der Waals surface area contributed by atoms with E-state index in [0.29, 0.717) is 16.9 Å². The van der Waals surface area contributed by atoms with Gasteiger partial charge in [0.15, 0.2) is 5.96 Å². The average Bonchev–Trinajstić information content (AvgIpc) is 2.19. The molecule has 1 rings (SSSR count). The van der Waals surface area contributed by atoms with Gasteiger partial charge < -0.3 is 17.2 Å². The zero-order valence-electron chi connectivity index (χ0n) is 10.6. The van der Waals surface area contributed by atoms with E-state index in [2.05, 4.69) is 14.7 Å². The van der Waals surface area contributed by atoms with Gasteiger partial charge in [-0.1, -0.05) is 0 Å². The van der Waals surface area contributed by atoms with E-state index < -0.39 is 10.0 Å². The van der Waals surface area contributed by atoms with Crippen molar-refractivity contribution in [2.45, 2.75) is 6.92 Å². The maximum atomic E-state index is 11.1. The Bertz CT molecular complexity index is 631. The summed E-state index contributed by atoms with van der Waals surface area (Å²) in [6.07, 6.45) is 1.08. The highest BCUT2D eigenvalue weighted by Gasteiger charge is 2.05. The van der Waals surface area contributed by atoms with Crippen molar-refractivity contribution in [1.82, 2.24) is 0 Å². The first-order chi connectivity index (χ1) is 8.67. The SMILES string of the molecule is Cc1cc(N=C(N)N=C(N)N)ccc1NS(C)(=O)=O. The summed E-state index contributed by atoms with van der Waals surface area (Å²) >= 11 is 0. The second kappa shape index (κ2) is 5.57. The monoisotopic (exact) mass is 284 g/mol. The van der Waals surface area contributed by atoms with Crippen LogP contribution in [0.15, 0.2) is 28.2 Å². The van der Waals surface area contributed by atoms with Crippen molar-refractivity contribution in [2.24, 2.45) is 27.2 Å². The van der Waals surface area contributed by atoms with E-state index >= 15 is 0 Å². The van der Waals surface area contributed by atoms with E-state index in [0.717, 1.165) is 6.26 Å². The van der Waals surface area contributed by atoms with Crippen molar-refractivity contribution in [3.8, 4) is 0 Å². The Kier molecular flexibility index (Phi) is 4.33. The fourth-order valence-corrected chi connectivity index (χ4v) is 1.95. The molecule has 1 aromatic carbocycles. The van der Waals surface area contributed by atoms with Crippen molar-refractivity contribution in [3.63, 3.8) is 0 Å². The summed E-state index contributed by atoms with van der Waals surface area (Å²) in [5.41, 5.74) is 17.5. The van der Waals surface area contributed by atoms with Gasteiger partial charge in [-0.3, -0.25) is 4.72 Å². The number of rotatable bonds is 3. The van der Waals surface area contributed by atoms with E-state index in [4.69, 9.17) is 17.2 Å². The van der Waals surface area contributed by atoms with E-state index in [-0.39, 0.29) is 11.9 Å². The highest BCUT2D eigenvalue weighted by molar-refractivity contribution is 7.92. The number of aryl methyl sites for hydroxylation is 1. The molecule has 0 heterocycles. The van der Waals surface area contributed by atoms with Gasteiger partial charge in [-0.15, -0.1) is 0 Å². The number of nitrogens with one attached hydrogen (secondary N) is 1. The van der Waals surface area contributed by atoms with Gasteiger partial charge in [0.05, 0.1) is 17.6 Å². The van der Waals surface area contributed by atoms with Crippen molar-refractivity contribution < 1.29 is 8.42 Å². The maximum absolute atomic E-state index is 11.1. The van der Waals surface area contributed by atoms with Crippen molar-refractivity contribution >= 4 is 33.3 Å². The normalized spacial score (nSPS) is 12.0. The van der Waals surface area contributed by atoms with Gasteiger partial charge in [-0.2, -0.15) is 4.99 Å². The van der Waals surface area contributed by atoms with E-state index in [9.17, 15) is 8.42 Å². The number of nitrogens with two attached hydrogens (primary N) is 3. The molecule has 0 aromatic heterocycles. The van der Waals surface area contributed by atoms with Gasteiger partial charge in [0, 0.05) is 0 Å². The molecule has 0 amide bonds. The quantitative estimate of drug-likeness (QED) is 0.439. The summed E-state index contributed by atoms with van der Waals surface area (Å²) in [6.45, 7) is 1.74. The number of hydrogen-bond acceptors (Lipinski definition) is 3. The molecule has 104 valence electrons. The molecule has 0 aliphatic heterocycles. The van der Waals surface area contributed by atoms with Crippen LogP contribution in [0.2, 0.25) is 0 Å². The number of benzene rings is 1. The Morgan fingerprint density at radius 2 is 1.89 bits per heavy atom. The van der Waals surface area contributed by atoms with Crippen LogP contribution >= 0.6 is 0 Å². The molecule has 7 N–H and O–H groups in total. The maximum Gasteiger partial charge on any atom is 0.229 e. The first-order valence-electron chi connectivity index (χ1n) is 5.19. The highest BCUT2D eigenvalue weighted by atomic mass is 32.2. The second-order valence-electron chi connectivity index (χ2n) is 3.88. The fraction of sp³-hybridized carbons (Fsp3) is 0.200. The molecular formula is C10H16N6O2S. The standard InChI is InChI=1S/C10H16N6O2S/c1-6-5-7(14-10(13)15-9(11)12)3-4-8(6)16-19(2,17)18/h3-5,16H,1-2H3,(H6,11,12,13,14,15). The predicted octanol–water partition coefficient (Wildman–Crippen LogP) is -0.414. The summed E-state index contributed by atoms with van der Waals surface area (Å²) in [6, 6.07) is 4.83. The topological polar surface area (TPSA) is 149 Å². The lowest BCUT2D eigenvalue weighted by atomic mass is 10.2. The van der Waals surface area contributed by atoms with Crippen molar-refractivity contribution in [1.29, 1.82) is 0 Å². The minimum atomic E-state index is -3.32. The van der Waals surface area contributed by atoms with Gasteiger partial charge in [-0.05, 0) is 30.7 Å². The first kappa shape index (κ1) is 14.8. The molecule has 0 spiro atoms. The van der Waals surface area contributed by atoms with Crippen molar-refractivity contribution in [2.75, 3.05) is 11.0 Å². The number of nitrogens with zero attached hydrogens (tertiary/aromatic N) is 2. The zero-order chi connectivity index (χ0) is 14.6. The molecule has 0 radical (unpaired) electrons. The summed E-state index contributed by atoms with van der Waals surface area (Å²) < 4.78 is 24.7. The summed E-state index contributed by atoms with van der Waals surface area (Å²) in [7, 11) is -3.32. The fourth-order valence-electron chi connectivity index (χ4n) is 1.32. The van der Waals surface area contributed by atoms with Crippen LogP contribution in [0, 0.1) is 6.92 Å². The van der Waals surface area contributed by atoms with Crippen LogP contribution < -0.4 is 21.9 Å². The predicted molar refractivity (Wildman–Crippen MR) is 76.7 cm³/mol. The largest absolute Gasteiger partial charge is 0.370 e. The minimum absolute atomic E-state index is 0.0803. The third-order valence-electron chi connectivity index (χ3n) is 1.99. The Hall–Kier alpha value is -2.29. The van der Waals surface area contributed by atoms with E-state index in [1.54, 1.807) is 25.1 Å². The molecule has 0 bridgehead atoms. The molecule has 0 unspecified atom stereocenters. The van der Waals surface area contributed by atoms with Crippen molar-refractivity contribution in [3.05, 3.63) is 23.8 Å². The Morgan fingerprint density at radius 1 is 1.26 bits per heavy atom. The lowest BCUT2D eigenvalue weighted by molar-refractivity contribution is 0.607. The smallest absolute Gasteiger partial charge is 0.229 e. The van der Waals surface area contributed by atoms with Crippen LogP contribution in [0.4, 0.5) is 11.4 Å². The lowest BCUT2D eigenvalue weighted by Crippen LogP contribution is -2.26. The Morgan fingerprint density at radius 3 is 2.37 bits per heavy atom. The van der Waals surface area contributed by atoms with Crippen LogP contribution in [-0.2, 0) is 10.0 Å². The van der Waals surface area contributed by atoms with E-state index in [1.165, 1.54) is 0 Å². The molecule has 0 fully saturated rings. The summed E-state index contributed by atoms with van der Waals surface area (Å²) in [4.78, 5) is 7.54. The highest BCUT2D eigenvalue weighted by Crippen LogP contribution is 2.22. The van der Waals surface area contributed by atoms with Crippen LogP contribution in [-0.4, -0.2) is 26.6 Å². The van der Waals surface area contributed by atoms with E-state index in [1.807, 2.05) is 0 Å². The number of hydrogen-bond donors (Lipinski definition) is 4. The van der Waals surface area contributed by atoms with Crippen LogP contribution in [0.1, 0.15) is 5.56 Å². The minimum Gasteiger partial charge on any atom is -0.370 e. The number of anilines is 1.